The molecule has 30 heavy (non-hydrogen) atoms. The van der Waals surface area contributed by atoms with Crippen molar-refractivity contribution in [3.8, 4) is 0 Å². The summed E-state index contributed by atoms with van der Waals surface area (Å²) < 4.78 is 35.0. The Morgan fingerprint density at radius 3 is 2.20 bits per heavy atom. The molecule has 0 spiro atoms. The second-order valence-electron chi connectivity index (χ2n) is 8.07. The molecule has 0 unspecified atom stereocenters. The highest BCUT2D eigenvalue weighted by molar-refractivity contribution is 7.90. The number of rotatable bonds is 5. The van der Waals surface area contributed by atoms with Gasteiger partial charge in [-0.15, -0.1) is 0 Å². The molecule has 0 N–H and O–H groups in total. The van der Waals surface area contributed by atoms with Crippen molar-refractivity contribution in [3.05, 3.63) is 47.2 Å². The van der Waals surface area contributed by atoms with E-state index in [0.717, 1.165) is 43.9 Å². The minimum absolute atomic E-state index is 0.301. The van der Waals surface area contributed by atoms with Crippen molar-refractivity contribution >= 4 is 27.4 Å². The van der Waals surface area contributed by atoms with Crippen LogP contribution in [-0.2, 0) is 19.3 Å². The van der Waals surface area contributed by atoms with E-state index >= 15 is 0 Å². The Labute approximate surface area is 182 Å². The van der Waals surface area contributed by atoms with Crippen LogP contribution in [0.5, 0.6) is 0 Å². The lowest BCUT2D eigenvalue weighted by atomic mass is 9.87. The van der Waals surface area contributed by atoms with Gasteiger partial charge in [0.2, 0.25) is 5.95 Å². The number of nitrogens with zero attached hydrogens (tertiary/aromatic N) is 3. The number of halogens is 1. The van der Waals surface area contributed by atoms with E-state index in [1.807, 2.05) is 0 Å². The molecular weight excluding hydrogens is 426 g/mol. The lowest BCUT2D eigenvalue weighted by Gasteiger charge is -2.35. The van der Waals surface area contributed by atoms with Gasteiger partial charge in [0.25, 0.3) is 0 Å². The van der Waals surface area contributed by atoms with Gasteiger partial charge in [-0.25, -0.2) is 18.4 Å². The molecule has 2 aliphatic rings. The van der Waals surface area contributed by atoms with Gasteiger partial charge >= 0.3 is 0 Å². The molecular formula is C21H26ClN3O4S. The number of sulfone groups is 1. The predicted molar refractivity (Wildman–Crippen MR) is 114 cm³/mol. The third-order valence-electron chi connectivity index (χ3n) is 5.72. The highest BCUT2D eigenvalue weighted by Gasteiger charge is 2.28. The first-order valence-corrected chi connectivity index (χ1v) is 12.4. The fraction of sp³-hybridized carbons (Fsp3) is 0.524. The fourth-order valence-corrected chi connectivity index (χ4v) is 4.78. The third kappa shape index (κ3) is 5.29. The molecule has 1 aromatic heterocycles. The smallest absolute Gasteiger partial charge is 0.225 e. The summed E-state index contributed by atoms with van der Waals surface area (Å²) in [5, 5.41) is 0.551. The van der Waals surface area contributed by atoms with Crippen molar-refractivity contribution in [2.45, 2.75) is 30.4 Å². The van der Waals surface area contributed by atoms with Gasteiger partial charge in [0, 0.05) is 30.8 Å². The van der Waals surface area contributed by atoms with Gasteiger partial charge in [0.05, 0.1) is 35.5 Å². The van der Waals surface area contributed by atoms with Gasteiger partial charge in [-0.1, -0.05) is 23.7 Å². The van der Waals surface area contributed by atoms with Crippen LogP contribution in [0.3, 0.4) is 0 Å². The maximum absolute atomic E-state index is 11.6. The van der Waals surface area contributed by atoms with E-state index in [0.29, 0.717) is 35.0 Å². The van der Waals surface area contributed by atoms with E-state index in [9.17, 15) is 8.42 Å². The Hall–Kier alpha value is -1.74. The molecule has 0 radical (unpaired) electrons. The molecule has 2 saturated heterocycles. The van der Waals surface area contributed by atoms with Gasteiger partial charge in [-0.2, -0.15) is 0 Å². The zero-order chi connectivity index (χ0) is 21.1. The van der Waals surface area contributed by atoms with E-state index in [-0.39, 0.29) is 0 Å². The minimum Gasteiger partial charge on any atom is -0.348 e. The molecule has 7 nitrogen and oxygen atoms in total. The van der Waals surface area contributed by atoms with Crippen LogP contribution < -0.4 is 4.90 Å². The lowest BCUT2D eigenvalue weighted by molar-refractivity contribution is -0.207. The summed E-state index contributed by atoms with van der Waals surface area (Å²) in [4.78, 5) is 11.1. The summed E-state index contributed by atoms with van der Waals surface area (Å²) in [6.45, 7) is 3.18. The largest absolute Gasteiger partial charge is 0.348 e. The van der Waals surface area contributed by atoms with Crippen LogP contribution in [0.15, 0.2) is 41.6 Å². The standard InChI is InChI=1S/C21H26ClN3O4S/c1-30(26,27)19-4-2-17(3-5-19)20-28-13-16(14-29-20)10-15-6-8-25(9-7-15)21-23-11-18(22)12-24-21/h2-5,11-12,15-16,20H,6-10,13-14H2,1H3/t16-,20+. The zero-order valence-corrected chi connectivity index (χ0v) is 18.5. The van der Waals surface area contributed by atoms with Gasteiger partial charge in [0.1, 0.15) is 0 Å². The van der Waals surface area contributed by atoms with Crippen molar-refractivity contribution < 1.29 is 17.9 Å². The second kappa shape index (κ2) is 9.18. The van der Waals surface area contributed by atoms with Crippen molar-refractivity contribution in [2.24, 2.45) is 11.8 Å². The molecule has 3 heterocycles. The number of anilines is 1. The highest BCUT2D eigenvalue weighted by Crippen LogP contribution is 2.31. The van der Waals surface area contributed by atoms with Crippen LogP contribution in [0.25, 0.3) is 0 Å². The Morgan fingerprint density at radius 2 is 1.63 bits per heavy atom. The number of piperidine rings is 1. The minimum atomic E-state index is -3.20. The molecule has 1 aromatic carbocycles. The van der Waals surface area contributed by atoms with E-state index in [4.69, 9.17) is 21.1 Å². The second-order valence-corrected chi connectivity index (χ2v) is 10.5. The average molecular weight is 452 g/mol. The monoisotopic (exact) mass is 451 g/mol. The maximum Gasteiger partial charge on any atom is 0.225 e. The molecule has 2 aliphatic heterocycles. The summed E-state index contributed by atoms with van der Waals surface area (Å²) in [6, 6.07) is 6.72. The van der Waals surface area contributed by atoms with E-state index in [1.165, 1.54) is 6.26 Å². The summed E-state index contributed by atoms with van der Waals surface area (Å²) in [6.07, 6.45) is 7.31. The number of hydrogen-bond donors (Lipinski definition) is 0. The first-order valence-electron chi connectivity index (χ1n) is 10.1. The Morgan fingerprint density at radius 1 is 1.03 bits per heavy atom. The van der Waals surface area contributed by atoms with Gasteiger partial charge in [-0.3, -0.25) is 0 Å². The summed E-state index contributed by atoms with van der Waals surface area (Å²) in [7, 11) is -3.20. The van der Waals surface area contributed by atoms with Gasteiger partial charge < -0.3 is 14.4 Å². The molecule has 0 bridgehead atoms. The topological polar surface area (TPSA) is 81.6 Å². The molecule has 0 aliphatic carbocycles. The number of ether oxygens (including phenoxy) is 2. The van der Waals surface area contributed by atoms with E-state index in [1.54, 1.807) is 36.7 Å². The van der Waals surface area contributed by atoms with Crippen LogP contribution >= 0.6 is 11.6 Å². The van der Waals surface area contributed by atoms with Crippen molar-refractivity contribution in [1.29, 1.82) is 0 Å². The molecule has 9 heteroatoms. The molecule has 0 amide bonds. The zero-order valence-electron chi connectivity index (χ0n) is 16.9. The van der Waals surface area contributed by atoms with Crippen molar-refractivity contribution in [2.75, 3.05) is 37.5 Å². The van der Waals surface area contributed by atoms with E-state index < -0.39 is 16.1 Å². The van der Waals surface area contributed by atoms with Crippen molar-refractivity contribution in [3.63, 3.8) is 0 Å². The average Bonchev–Trinajstić information content (AvgIpc) is 2.75. The summed E-state index contributed by atoms with van der Waals surface area (Å²) >= 11 is 5.87. The lowest BCUT2D eigenvalue weighted by Crippen LogP contribution is -2.37. The quantitative estimate of drug-likeness (QED) is 0.688. The van der Waals surface area contributed by atoms with Crippen LogP contribution in [-0.4, -0.2) is 50.9 Å². The normalized spacial score (nSPS) is 23.5. The molecule has 2 fully saturated rings. The maximum atomic E-state index is 11.6. The first-order chi connectivity index (χ1) is 14.4. The Bertz CT molecular complexity index is 937. The first kappa shape index (κ1) is 21.5. The van der Waals surface area contributed by atoms with Gasteiger partial charge in [-0.05, 0) is 37.3 Å². The molecule has 2 aromatic rings. The summed E-state index contributed by atoms with van der Waals surface area (Å²) in [5.41, 5.74) is 0.845. The fourth-order valence-electron chi connectivity index (χ4n) is 4.05. The summed E-state index contributed by atoms with van der Waals surface area (Å²) in [5.74, 6) is 1.75. The Balaban J connectivity index is 1.23. The Kier molecular flexibility index (Phi) is 6.57. The SMILES string of the molecule is CS(=O)(=O)c1ccc([C@H]2OC[C@@H](CC3CCN(c4ncc(Cl)cn4)CC3)CO2)cc1. The van der Waals surface area contributed by atoms with Crippen LogP contribution in [0.4, 0.5) is 5.95 Å². The number of aromatic nitrogens is 2. The van der Waals surface area contributed by atoms with E-state index in [2.05, 4.69) is 14.9 Å². The van der Waals surface area contributed by atoms with Gasteiger partial charge in [0.15, 0.2) is 16.1 Å². The molecule has 162 valence electrons. The third-order valence-corrected chi connectivity index (χ3v) is 7.04. The van der Waals surface area contributed by atoms with Crippen LogP contribution in [0, 0.1) is 11.8 Å². The molecule has 4 rings (SSSR count). The predicted octanol–water partition coefficient (Wildman–Crippen LogP) is 3.50. The number of hydrogen-bond acceptors (Lipinski definition) is 7. The molecule has 0 saturated carbocycles. The van der Waals surface area contributed by atoms with Crippen molar-refractivity contribution in [1.82, 2.24) is 9.97 Å². The molecule has 0 atom stereocenters. The highest BCUT2D eigenvalue weighted by atomic mass is 35.5. The van der Waals surface area contributed by atoms with Crippen LogP contribution in [0.2, 0.25) is 5.02 Å². The number of benzene rings is 1. The van der Waals surface area contributed by atoms with Crippen LogP contribution in [0.1, 0.15) is 31.1 Å².